The van der Waals surface area contributed by atoms with Crippen LogP contribution in [0.5, 0.6) is 5.75 Å². The summed E-state index contributed by atoms with van der Waals surface area (Å²) in [7, 11) is 0. The van der Waals surface area contributed by atoms with Crippen molar-refractivity contribution in [3.05, 3.63) is 70.0 Å². The molecule has 2 atom stereocenters. The lowest BCUT2D eigenvalue weighted by molar-refractivity contribution is -0.129. The minimum atomic E-state index is -0.923. The van der Waals surface area contributed by atoms with Crippen molar-refractivity contribution in [1.29, 1.82) is 0 Å². The van der Waals surface area contributed by atoms with Crippen molar-refractivity contribution in [2.24, 2.45) is 0 Å². The molecule has 0 spiro atoms. The van der Waals surface area contributed by atoms with Gasteiger partial charge in [0.25, 0.3) is 5.91 Å². The van der Waals surface area contributed by atoms with Crippen LogP contribution in [0, 0.1) is 13.8 Å². The van der Waals surface area contributed by atoms with Gasteiger partial charge in [-0.15, -0.1) is 0 Å². The predicted molar refractivity (Wildman–Crippen MR) is 115 cm³/mol. The molecule has 1 aliphatic heterocycles. The average molecular weight is 418 g/mol. The normalized spacial score (nSPS) is 17.5. The molecule has 158 valence electrons. The van der Waals surface area contributed by atoms with Crippen molar-refractivity contribution in [2.75, 3.05) is 6.54 Å². The lowest BCUT2D eigenvalue weighted by atomic mass is 9.96. The highest BCUT2D eigenvalue weighted by molar-refractivity contribution is 5.94. The van der Waals surface area contributed by atoms with Crippen LogP contribution in [0.3, 0.4) is 0 Å². The summed E-state index contributed by atoms with van der Waals surface area (Å²) in [6.45, 7) is 5.98. The zero-order valence-electron chi connectivity index (χ0n) is 17.4. The minimum Gasteiger partial charge on any atom is -0.475 e. The van der Waals surface area contributed by atoms with Crippen molar-refractivity contribution in [3.8, 4) is 16.9 Å². The lowest BCUT2D eigenvalue weighted by Crippen LogP contribution is -2.48. The van der Waals surface area contributed by atoms with Gasteiger partial charge in [0.15, 0.2) is 5.75 Å². The molecule has 4 aromatic rings. The van der Waals surface area contributed by atoms with E-state index in [1.807, 2.05) is 63.2 Å². The third kappa shape index (κ3) is 2.86. The van der Waals surface area contributed by atoms with Gasteiger partial charge in [-0.05, 0) is 38.5 Å². The highest BCUT2D eigenvalue weighted by Crippen LogP contribution is 2.44. The van der Waals surface area contributed by atoms with Gasteiger partial charge >= 0.3 is 5.69 Å². The van der Waals surface area contributed by atoms with E-state index in [9.17, 15) is 9.59 Å². The number of H-pyrrole nitrogens is 1. The molecule has 0 saturated heterocycles. The quantitative estimate of drug-likeness (QED) is 0.530. The maximum Gasteiger partial charge on any atom is 0.327 e. The van der Waals surface area contributed by atoms with Gasteiger partial charge in [-0.1, -0.05) is 35.5 Å². The highest BCUT2D eigenvalue weighted by Gasteiger charge is 2.41. The summed E-state index contributed by atoms with van der Waals surface area (Å²) in [5.74, 6) is 0.825. The van der Waals surface area contributed by atoms with E-state index in [1.54, 1.807) is 4.57 Å². The molecule has 2 aromatic carbocycles. The smallest absolute Gasteiger partial charge is 0.327 e. The first-order chi connectivity index (χ1) is 15.0. The molecule has 31 heavy (non-hydrogen) atoms. The Balaban J connectivity index is 1.83. The minimum absolute atomic E-state index is 0.281. The van der Waals surface area contributed by atoms with Crippen LogP contribution in [0.4, 0.5) is 0 Å². The fourth-order valence-electron chi connectivity index (χ4n) is 4.41. The molecule has 1 unspecified atom stereocenters. The van der Waals surface area contributed by atoms with Crippen LogP contribution in [0.2, 0.25) is 0 Å². The predicted octanol–water partition coefficient (Wildman–Crippen LogP) is 3.09. The van der Waals surface area contributed by atoms with E-state index < -0.39 is 12.1 Å². The standard InChI is InChI=1S/C23H22N4O4/c1-4-24-22(28)21-18(14-8-6-5-7-9-14)27-19-16(25-23(27)29)11-10-15(20(19)30-21)17-12(2)26-31-13(17)3/h5-11,18,21H,4H2,1-3H3,(H,24,28)(H,25,29)/t18-,21?/m1/s1. The van der Waals surface area contributed by atoms with Crippen molar-refractivity contribution in [1.82, 2.24) is 20.0 Å². The van der Waals surface area contributed by atoms with Crippen LogP contribution in [0.15, 0.2) is 51.8 Å². The summed E-state index contributed by atoms with van der Waals surface area (Å²) in [4.78, 5) is 29.1. The molecular weight excluding hydrogens is 396 g/mol. The second-order valence-corrected chi connectivity index (χ2v) is 7.63. The Morgan fingerprint density at radius 3 is 2.65 bits per heavy atom. The van der Waals surface area contributed by atoms with Crippen LogP contribution in [0.25, 0.3) is 22.2 Å². The zero-order valence-corrected chi connectivity index (χ0v) is 17.4. The third-order valence-corrected chi connectivity index (χ3v) is 5.70. The number of aryl methyl sites for hydroxylation is 2. The molecule has 0 aliphatic carbocycles. The van der Waals surface area contributed by atoms with Crippen LogP contribution in [-0.4, -0.2) is 33.3 Å². The first kappa shape index (κ1) is 19.2. The molecule has 0 saturated carbocycles. The summed E-state index contributed by atoms with van der Waals surface area (Å²) in [6.07, 6.45) is -0.923. The fourth-order valence-corrected chi connectivity index (χ4v) is 4.41. The molecule has 1 aliphatic rings. The van der Waals surface area contributed by atoms with E-state index in [-0.39, 0.29) is 11.6 Å². The number of aromatic nitrogens is 3. The molecule has 5 rings (SSSR count). The topological polar surface area (TPSA) is 102 Å². The number of ether oxygens (including phenoxy) is 1. The summed E-state index contributed by atoms with van der Waals surface area (Å²) in [5.41, 5.74) is 4.03. The first-order valence-corrected chi connectivity index (χ1v) is 10.2. The van der Waals surface area contributed by atoms with Gasteiger partial charge in [-0.25, -0.2) is 4.79 Å². The SMILES string of the molecule is CCNC(=O)C1Oc2c(-c3c(C)noc3C)ccc3[nH]c(=O)n(c23)[C@@H]1c1ccccc1. The van der Waals surface area contributed by atoms with Crippen molar-refractivity contribution < 1.29 is 14.1 Å². The summed E-state index contributed by atoms with van der Waals surface area (Å²) in [6, 6.07) is 12.6. The number of imidazole rings is 1. The number of amides is 1. The van der Waals surface area contributed by atoms with E-state index in [4.69, 9.17) is 9.26 Å². The number of likely N-dealkylation sites (N-methyl/N-ethyl adjacent to an activating group) is 1. The van der Waals surface area contributed by atoms with Gasteiger partial charge in [0, 0.05) is 12.1 Å². The van der Waals surface area contributed by atoms with Gasteiger partial charge in [0.1, 0.15) is 17.3 Å². The van der Waals surface area contributed by atoms with Gasteiger partial charge in [0.2, 0.25) is 6.10 Å². The molecule has 8 heteroatoms. The number of nitrogens with one attached hydrogen (secondary N) is 2. The Kier molecular flexibility index (Phi) is 4.43. The highest BCUT2D eigenvalue weighted by atomic mass is 16.5. The van der Waals surface area contributed by atoms with Crippen molar-refractivity contribution in [2.45, 2.75) is 32.9 Å². The molecule has 2 N–H and O–H groups in total. The molecule has 1 amide bonds. The second kappa shape index (κ2) is 7.16. The van der Waals surface area contributed by atoms with E-state index in [1.165, 1.54) is 0 Å². The number of rotatable bonds is 4. The first-order valence-electron chi connectivity index (χ1n) is 10.2. The number of nitrogens with zero attached hydrogens (tertiary/aromatic N) is 2. The van der Waals surface area contributed by atoms with Crippen LogP contribution in [-0.2, 0) is 4.79 Å². The molecule has 8 nitrogen and oxygen atoms in total. The molecule has 0 radical (unpaired) electrons. The number of hydrogen-bond acceptors (Lipinski definition) is 5. The van der Waals surface area contributed by atoms with Gasteiger partial charge in [0.05, 0.1) is 16.8 Å². The Morgan fingerprint density at radius 1 is 1.19 bits per heavy atom. The summed E-state index contributed by atoms with van der Waals surface area (Å²) < 4.78 is 13.4. The second-order valence-electron chi connectivity index (χ2n) is 7.63. The van der Waals surface area contributed by atoms with E-state index in [0.717, 1.165) is 16.7 Å². The molecule has 0 bridgehead atoms. The molecular formula is C23H22N4O4. The third-order valence-electron chi connectivity index (χ3n) is 5.70. The monoisotopic (exact) mass is 418 g/mol. The summed E-state index contributed by atoms with van der Waals surface area (Å²) >= 11 is 0. The maximum absolute atomic E-state index is 13.1. The van der Waals surface area contributed by atoms with E-state index in [2.05, 4.69) is 15.5 Å². The fraction of sp³-hybridized carbons (Fsp3) is 0.261. The van der Waals surface area contributed by atoms with E-state index in [0.29, 0.717) is 34.8 Å². The van der Waals surface area contributed by atoms with Crippen LogP contribution in [0.1, 0.15) is 30.0 Å². The number of carbonyl (C=O) groups excluding carboxylic acids is 1. The Bertz CT molecular complexity index is 1330. The van der Waals surface area contributed by atoms with Gasteiger partial charge < -0.3 is 19.6 Å². The number of aromatic amines is 1. The van der Waals surface area contributed by atoms with Crippen LogP contribution >= 0.6 is 0 Å². The lowest BCUT2D eigenvalue weighted by Gasteiger charge is -2.33. The van der Waals surface area contributed by atoms with Gasteiger partial charge in [-0.2, -0.15) is 0 Å². The molecule has 2 aromatic heterocycles. The summed E-state index contributed by atoms with van der Waals surface area (Å²) in [5, 5.41) is 6.90. The zero-order chi connectivity index (χ0) is 21.7. The average Bonchev–Trinajstić information content (AvgIpc) is 3.28. The number of benzene rings is 2. The Morgan fingerprint density at radius 2 is 1.97 bits per heavy atom. The number of hydrogen-bond donors (Lipinski definition) is 2. The molecule has 0 fully saturated rings. The Hall–Kier alpha value is -3.81. The van der Waals surface area contributed by atoms with Crippen molar-refractivity contribution >= 4 is 16.9 Å². The van der Waals surface area contributed by atoms with Gasteiger partial charge in [-0.3, -0.25) is 9.36 Å². The van der Waals surface area contributed by atoms with Crippen LogP contribution < -0.4 is 15.7 Å². The van der Waals surface area contributed by atoms with E-state index >= 15 is 0 Å². The number of carbonyl (C=O) groups is 1. The maximum atomic E-state index is 13.1. The van der Waals surface area contributed by atoms with Crippen molar-refractivity contribution in [3.63, 3.8) is 0 Å². The molecule has 3 heterocycles. The largest absolute Gasteiger partial charge is 0.475 e. The Labute approximate surface area is 177 Å².